The summed E-state index contributed by atoms with van der Waals surface area (Å²) in [6, 6.07) is 6.82. The minimum Gasteiger partial charge on any atom is -0.352 e. The molecule has 2 rings (SSSR count). The van der Waals surface area contributed by atoms with Crippen molar-refractivity contribution in [3.8, 4) is 0 Å². The van der Waals surface area contributed by atoms with Crippen LogP contribution in [-0.2, 0) is 4.79 Å². The largest absolute Gasteiger partial charge is 0.352 e. The first-order valence-electron chi connectivity index (χ1n) is 7.10. The number of nitrogens with one attached hydrogen (secondary N) is 1. The number of carbonyl (C=O) groups is 1. The van der Waals surface area contributed by atoms with Crippen molar-refractivity contribution in [3.05, 3.63) is 29.3 Å². The Balaban J connectivity index is 1.93. The molecule has 0 aromatic heterocycles. The highest BCUT2D eigenvalue weighted by atomic mass is 32.2. The molecule has 1 fully saturated rings. The van der Waals surface area contributed by atoms with Crippen molar-refractivity contribution < 1.29 is 4.79 Å². The molecule has 104 valence electrons. The lowest BCUT2D eigenvalue weighted by molar-refractivity contribution is -0.120. The zero-order chi connectivity index (χ0) is 13.8. The van der Waals surface area contributed by atoms with Gasteiger partial charge in [0.25, 0.3) is 0 Å². The van der Waals surface area contributed by atoms with Crippen LogP contribution >= 0.6 is 11.8 Å². The molecular weight excluding hydrogens is 254 g/mol. The molecular formula is C16H23NOS. The van der Waals surface area contributed by atoms with Gasteiger partial charge in [-0.05, 0) is 45.2 Å². The number of thioether (sulfide) groups is 1. The van der Waals surface area contributed by atoms with Gasteiger partial charge in [-0.2, -0.15) is 0 Å². The third-order valence-corrected chi connectivity index (χ3v) is 4.98. The van der Waals surface area contributed by atoms with Crippen LogP contribution in [0.15, 0.2) is 23.1 Å². The molecule has 0 aliphatic heterocycles. The fourth-order valence-electron chi connectivity index (χ4n) is 2.47. The van der Waals surface area contributed by atoms with Gasteiger partial charge in [-0.15, -0.1) is 11.8 Å². The number of amides is 1. The second-order valence-electron chi connectivity index (χ2n) is 5.52. The molecule has 0 spiro atoms. The van der Waals surface area contributed by atoms with Crippen LogP contribution in [0.25, 0.3) is 0 Å². The third-order valence-electron chi connectivity index (χ3n) is 3.72. The third kappa shape index (κ3) is 4.00. The quantitative estimate of drug-likeness (QED) is 0.847. The maximum Gasteiger partial charge on any atom is 0.233 e. The first-order valence-corrected chi connectivity index (χ1v) is 7.98. The summed E-state index contributed by atoms with van der Waals surface area (Å²) in [7, 11) is 0. The molecule has 3 heteroatoms. The van der Waals surface area contributed by atoms with Crippen molar-refractivity contribution in [1.82, 2.24) is 5.32 Å². The molecule has 1 saturated carbocycles. The molecule has 0 bridgehead atoms. The van der Waals surface area contributed by atoms with Gasteiger partial charge in [0.05, 0.1) is 5.25 Å². The van der Waals surface area contributed by atoms with Gasteiger partial charge in [0.2, 0.25) is 5.91 Å². The fraction of sp³-hybridized carbons (Fsp3) is 0.562. The Morgan fingerprint density at radius 2 is 2.00 bits per heavy atom. The first-order chi connectivity index (χ1) is 9.06. The van der Waals surface area contributed by atoms with E-state index in [4.69, 9.17) is 0 Å². The van der Waals surface area contributed by atoms with Gasteiger partial charge in [0.1, 0.15) is 0 Å². The van der Waals surface area contributed by atoms with Gasteiger partial charge >= 0.3 is 0 Å². The molecule has 2 nitrogen and oxygen atoms in total. The van der Waals surface area contributed by atoms with Crippen LogP contribution in [0.3, 0.4) is 0 Å². The summed E-state index contributed by atoms with van der Waals surface area (Å²) in [5, 5.41) is 3.15. The molecule has 1 aromatic rings. The maximum absolute atomic E-state index is 12.2. The summed E-state index contributed by atoms with van der Waals surface area (Å²) in [6.07, 6.45) is 4.80. The summed E-state index contributed by atoms with van der Waals surface area (Å²) in [5.74, 6) is 0.179. The Labute approximate surface area is 120 Å². The van der Waals surface area contributed by atoms with E-state index in [2.05, 4.69) is 37.4 Å². The molecule has 1 aliphatic rings. The monoisotopic (exact) mass is 277 g/mol. The van der Waals surface area contributed by atoms with Crippen LogP contribution in [0.4, 0.5) is 0 Å². The molecule has 1 atom stereocenters. The van der Waals surface area contributed by atoms with Gasteiger partial charge in [-0.25, -0.2) is 0 Å². The van der Waals surface area contributed by atoms with E-state index in [0.717, 1.165) is 12.8 Å². The highest BCUT2D eigenvalue weighted by molar-refractivity contribution is 8.00. The summed E-state index contributed by atoms with van der Waals surface area (Å²) in [5.41, 5.74) is 2.49. The van der Waals surface area contributed by atoms with Gasteiger partial charge in [-0.1, -0.05) is 30.5 Å². The second-order valence-corrected chi connectivity index (χ2v) is 6.90. The zero-order valence-corrected chi connectivity index (χ0v) is 12.8. The van der Waals surface area contributed by atoms with Crippen LogP contribution in [0.2, 0.25) is 0 Å². The fourth-order valence-corrected chi connectivity index (χ4v) is 3.53. The molecule has 1 N–H and O–H groups in total. The highest BCUT2D eigenvalue weighted by Crippen LogP contribution is 2.28. The second kappa shape index (κ2) is 6.47. The Bertz CT molecular complexity index is 452. The highest BCUT2D eigenvalue weighted by Gasteiger charge is 2.21. The van der Waals surface area contributed by atoms with Gasteiger partial charge < -0.3 is 5.32 Å². The van der Waals surface area contributed by atoms with Crippen molar-refractivity contribution in [2.24, 2.45) is 0 Å². The zero-order valence-electron chi connectivity index (χ0n) is 12.0. The van der Waals surface area contributed by atoms with Crippen LogP contribution in [-0.4, -0.2) is 17.2 Å². The van der Waals surface area contributed by atoms with E-state index in [0.29, 0.717) is 6.04 Å². The van der Waals surface area contributed by atoms with Gasteiger partial charge in [-0.3, -0.25) is 4.79 Å². The summed E-state index contributed by atoms with van der Waals surface area (Å²) in [6.45, 7) is 6.19. The number of benzene rings is 1. The van der Waals surface area contributed by atoms with E-state index in [-0.39, 0.29) is 11.2 Å². The Morgan fingerprint density at radius 3 is 2.68 bits per heavy atom. The van der Waals surface area contributed by atoms with Crippen LogP contribution in [0.1, 0.15) is 43.7 Å². The first kappa shape index (κ1) is 14.4. The Morgan fingerprint density at radius 1 is 1.32 bits per heavy atom. The van der Waals surface area contributed by atoms with Gasteiger partial charge in [0.15, 0.2) is 0 Å². The van der Waals surface area contributed by atoms with Crippen molar-refractivity contribution >= 4 is 17.7 Å². The normalized spacial score (nSPS) is 17.4. The molecule has 1 aromatic carbocycles. The molecule has 0 unspecified atom stereocenters. The average molecular weight is 277 g/mol. The molecule has 1 amide bonds. The van der Waals surface area contributed by atoms with Crippen LogP contribution in [0.5, 0.6) is 0 Å². The Kier molecular flexibility index (Phi) is 4.92. The lowest BCUT2D eigenvalue weighted by Crippen LogP contribution is -2.37. The van der Waals surface area contributed by atoms with E-state index < -0.39 is 0 Å². The van der Waals surface area contributed by atoms with Crippen molar-refractivity contribution in [3.63, 3.8) is 0 Å². The van der Waals surface area contributed by atoms with Crippen molar-refractivity contribution in [1.29, 1.82) is 0 Å². The van der Waals surface area contributed by atoms with Crippen LogP contribution in [0, 0.1) is 13.8 Å². The van der Waals surface area contributed by atoms with Crippen molar-refractivity contribution in [2.45, 2.75) is 62.6 Å². The standard InChI is InChI=1S/C16H23NOS/c1-11-8-9-12(2)15(10-11)19-13(3)16(18)17-14-6-4-5-7-14/h8-10,13-14H,4-7H2,1-3H3,(H,17,18)/t13-/m1/s1. The smallest absolute Gasteiger partial charge is 0.233 e. The lowest BCUT2D eigenvalue weighted by atomic mass is 10.2. The minimum absolute atomic E-state index is 0.0268. The molecule has 0 saturated heterocycles. The number of hydrogen-bond donors (Lipinski definition) is 1. The van der Waals surface area contributed by atoms with Crippen LogP contribution < -0.4 is 5.32 Å². The molecule has 0 heterocycles. The minimum atomic E-state index is -0.0268. The maximum atomic E-state index is 12.2. The van der Waals surface area contributed by atoms with E-state index >= 15 is 0 Å². The number of carbonyl (C=O) groups excluding carboxylic acids is 1. The van der Waals surface area contributed by atoms with Crippen molar-refractivity contribution in [2.75, 3.05) is 0 Å². The molecule has 1 aliphatic carbocycles. The lowest BCUT2D eigenvalue weighted by Gasteiger charge is -2.17. The van der Waals surface area contributed by atoms with Gasteiger partial charge in [0, 0.05) is 10.9 Å². The molecule has 19 heavy (non-hydrogen) atoms. The number of aryl methyl sites for hydroxylation is 2. The predicted octanol–water partition coefficient (Wildman–Crippen LogP) is 3.84. The number of rotatable bonds is 4. The number of hydrogen-bond acceptors (Lipinski definition) is 2. The van der Waals surface area contributed by atoms with E-state index in [1.54, 1.807) is 11.8 Å². The topological polar surface area (TPSA) is 29.1 Å². The van der Waals surface area contributed by atoms with E-state index in [1.165, 1.54) is 28.9 Å². The summed E-state index contributed by atoms with van der Waals surface area (Å²) in [4.78, 5) is 13.4. The summed E-state index contributed by atoms with van der Waals surface area (Å²) >= 11 is 1.66. The summed E-state index contributed by atoms with van der Waals surface area (Å²) < 4.78 is 0. The Hall–Kier alpha value is -0.960. The van der Waals surface area contributed by atoms with E-state index in [1.807, 2.05) is 6.92 Å². The predicted molar refractivity (Wildman–Crippen MR) is 81.6 cm³/mol. The molecule has 0 radical (unpaired) electrons. The van der Waals surface area contributed by atoms with E-state index in [9.17, 15) is 4.79 Å². The SMILES string of the molecule is Cc1ccc(C)c(S[C@H](C)C(=O)NC2CCCC2)c1. The average Bonchev–Trinajstić information content (AvgIpc) is 2.86.